The largest absolute Gasteiger partial charge is 0.445 e. The molecular formula is C12H12LaN3O-. The summed E-state index contributed by atoms with van der Waals surface area (Å²) in [6.07, 6.45) is 4.49. The zero-order valence-corrected chi connectivity index (χ0v) is 13.2. The fourth-order valence-electron chi connectivity index (χ4n) is 2.29. The summed E-state index contributed by atoms with van der Waals surface area (Å²) in [5.74, 6) is 0.528. The predicted molar refractivity (Wildman–Crippen MR) is 58.6 cm³/mol. The fraction of sp³-hybridized carbons (Fsp3) is 0.333. The Labute approximate surface area is 128 Å². The molecule has 1 heterocycles. The van der Waals surface area contributed by atoms with E-state index in [0.717, 1.165) is 24.0 Å². The molecule has 1 atom stereocenters. The maximum Gasteiger partial charge on any atom is 0.0973 e. The number of aromatic nitrogens is 2. The minimum absolute atomic E-state index is 0. The Hall–Kier alpha value is -0.485. The first-order chi connectivity index (χ1) is 7.75. The van der Waals surface area contributed by atoms with Crippen molar-refractivity contribution in [2.24, 2.45) is 5.73 Å². The second-order valence-electron chi connectivity index (χ2n) is 4.21. The summed E-state index contributed by atoms with van der Waals surface area (Å²) in [7, 11) is 0. The minimum Gasteiger partial charge on any atom is -0.445 e. The standard InChI is InChI=1S/C12H12N3O.La/c1-7-4-10-8(2-3-11(10)13)5-9(7)12-14-6-15-16-12;/h4-5,11H,2-3,13H2,1H3;/q-1;/t11-;/m1./s1. The van der Waals surface area contributed by atoms with Crippen LogP contribution in [-0.2, 0) is 6.42 Å². The van der Waals surface area contributed by atoms with Crippen LogP contribution in [0.3, 0.4) is 0 Å². The van der Waals surface area contributed by atoms with Gasteiger partial charge in [-0.15, -0.1) is 0 Å². The first kappa shape index (κ1) is 13.0. The van der Waals surface area contributed by atoms with Crippen LogP contribution in [-0.4, -0.2) is 10.1 Å². The Morgan fingerprint density at radius 2 is 2.29 bits per heavy atom. The van der Waals surface area contributed by atoms with E-state index in [-0.39, 0.29) is 41.6 Å². The van der Waals surface area contributed by atoms with E-state index >= 15 is 0 Å². The van der Waals surface area contributed by atoms with E-state index in [1.807, 2.05) is 6.92 Å². The average Bonchev–Trinajstić information content (AvgIpc) is 2.89. The van der Waals surface area contributed by atoms with Gasteiger partial charge in [0, 0.05) is 41.6 Å². The third-order valence-electron chi connectivity index (χ3n) is 3.17. The summed E-state index contributed by atoms with van der Waals surface area (Å²) in [5, 5.41) is 3.51. The van der Waals surface area contributed by atoms with E-state index in [9.17, 15) is 0 Å². The van der Waals surface area contributed by atoms with Gasteiger partial charge >= 0.3 is 0 Å². The zero-order valence-electron chi connectivity index (χ0n) is 9.60. The van der Waals surface area contributed by atoms with E-state index in [1.165, 1.54) is 11.1 Å². The molecule has 1 aromatic heterocycles. The molecule has 85 valence electrons. The van der Waals surface area contributed by atoms with Crippen LogP contribution in [0.4, 0.5) is 0 Å². The maximum atomic E-state index is 6.03. The van der Waals surface area contributed by atoms with E-state index in [4.69, 9.17) is 10.3 Å². The Morgan fingerprint density at radius 1 is 1.47 bits per heavy atom. The van der Waals surface area contributed by atoms with Gasteiger partial charge in [0.05, 0.1) is 5.89 Å². The topological polar surface area (TPSA) is 64.9 Å². The minimum atomic E-state index is 0. The second kappa shape index (κ2) is 5.02. The molecule has 0 saturated carbocycles. The Kier molecular flexibility index (Phi) is 3.83. The number of hydrogen-bond acceptors (Lipinski definition) is 4. The van der Waals surface area contributed by atoms with Crippen LogP contribution in [0.25, 0.3) is 11.5 Å². The molecule has 4 nitrogen and oxygen atoms in total. The molecule has 17 heavy (non-hydrogen) atoms. The Bertz CT molecular complexity index is 525. The number of nitrogens with zero attached hydrogens (tertiary/aromatic N) is 2. The molecule has 2 N–H and O–H groups in total. The zero-order chi connectivity index (χ0) is 11.1. The summed E-state index contributed by atoms with van der Waals surface area (Å²) in [6, 6.07) is 4.42. The van der Waals surface area contributed by atoms with Crippen LogP contribution in [0.15, 0.2) is 16.7 Å². The molecule has 0 bridgehead atoms. The van der Waals surface area contributed by atoms with E-state index in [1.54, 1.807) is 0 Å². The molecule has 1 aromatic carbocycles. The molecule has 1 aliphatic carbocycles. The van der Waals surface area contributed by atoms with Gasteiger partial charge < -0.3 is 15.2 Å². The van der Waals surface area contributed by atoms with Crippen LogP contribution < -0.4 is 5.73 Å². The summed E-state index contributed by atoms with van der Waals surface area (Å²) in [6.45, 7) is 2.03. The molecule has 2 aromatic rings. The second-order valence-corrected chi connectivity index (χ2v) is 4.21. The predicted octanol–water partition coefficient (Wildman–Crippen LogP) is 1.79. The van der Waals surface area contributed by atoms with E-state index < -0.39 is 0 Å². The summed E-state index contributed by atoms with van der Waals surface area (Å²) < 4.78 is 5.04. The van der Waals surface area contributed by atoms with Gasteiger partial charge in [0.15, 0.2) is 0 Å². The monoisotopic (exact) mass is 353 g/mol. The van der Waals surface area contributed by atoms with Gasteiger partial charge in [-0.1, -0.05) is 17.7 Å². The van der Waals surface area contributed by atoms with Crippen molar-refractivity contribution in [3.8, 4) is 11.5 Å². The van der Waals surface area contributed by atoms with E-state index in [2.05, 4.69) is 28.6 Å². The van der Waals surface area contributed by atoms with E-state index in [0.29, 0.717) is 5.89 Å². The van der Waals surface area contributed by atoms with Crippen LogP contribution in [0.2, 0.25) is 0 Å². The smallest absolute Gasteiger partial charge is 0.0973 e. The van der Waals surface area contributed by atoms with Gasteiger partial charge in [-0.2, -0.15) is 5.16 Å². The fourth-order valence-corrected chi connectivity index (χ4v) is 2.29. The maximum absolute atomic E-state index is 6.03. The Morgan fingerprint density at radius 3 is 3.00 bits per heavy atom. The van der Waals surface area contributed by atoms with Crippen molar-refractivity contribution < 1.29 is 40.1 Å². The van der Waals surface area contributed by atoms with Crippen molar-refractivity contribution in [2.45, 2.75) is 25.8 Å². The van der Waals surface area contributed by atoms with Gasteiger partial charge in [-0.05, 0) is 42.8 Å². The first-order valence-corrected chi connectivity index (χ1v) is 5.35. The molecule has 0 amide bonds. The van der Waals surface area contributed by atoms with Crippen LogP contribution in [0.1, 0.15) is 29.2 Å². The van der Waals surface area contributed by atoms with Crippen LogP contribution >= 0.6 is 0 Å². The SMILES string of the molecule is Cc1cc2c(cc1-c1n[c-]no1)CC[C@H]2N.[La]. The number of rotatable bonds is 1. The molecule has 5 heteroatoms. The molecule has 0 spiro atoms. The molecule has 3 rings (SSSR count). The van der Waals surface area contributed by atoms with Crippen molar-refractivity contribution in [2.75, 3.05) is 0 Å². The van der Waals surface area contributed by atoms with Crippen molar-refractivity contribution in [1.82, 2.24) is 10.1 Å². The summed E-state index contributed by atoms with van der Waals surface area (Å²) >= 11 is 0. The molecule has 0 saturated heterocycles. The number of aryl methyl sites for hydroxylation is 2. The number of fused-ring (bicyclic) bond motifs is 1. The number of hydrogen-bond donors (Lipinski definition) is 1. The molecule has 1 aliphatic rings. The third kappa shape index (κ3) is 2.25. The number of nitrogens with two attached hydrogens (primary N) is 1. The van der Waals surface area contributed by atoms with Gasteiger partial charge in [0.25, 0.3) is 0 Å². The average molecular weight is 353 g/mol. The quantitative estimate of drug-likeness (QED) is 0.794. The number of benzene rings is 1. The first-order valence-electron chi connectivity index (χ1n) is 5.35. The Balaban J connectivity index is 0.00000108. The molecule has 0 unspecified atom stereocenters. The van der Waals surface area contributed by atoms with Crippen molar-refractivity contribution in [1.29, 1.82) is 0 Å². The van der Waals surface area contributed by atoms with Crippen LogP contribution in [0.5, 0.6) is 0 Å². The van der Waals surface area contributed by atoms with Crippen molar-refractivity contribution in [3.05, 3.63) is 35.2 Å². The van der Waals surface area contributed by atoms with Crippen molar-refractivity contribution in [3.63, 3.8) is 0 Å². The normalized spacial score (nSPS) is 17.6. The van der Waals surface area contributed by atoms with Crippen molar-refractivity contribution >= 4 is 0 Å². The summed E-state index contributed by atoms with van der Waals surface area (Å²) in [4.78, 5) is 3.96. The van der Waals surface area contributed by atoms with Gasteiger partial charge in [0.1, 0.15) is 0 Å². The van der Waals surface area contributed by atoms with Gasteiger partial charge in [-0.3, -0.25) is 0 Å². The van der Waals surface area contributed by atoms with Crippen LogP contribution in [0, 0.1) is 48.8 Å². The van der Waals surface area contributed by atoms with Gasteiger partial charge in [0.2, 0.25) is 0 Å². The third-order valence-corrected chi connectivity index (χ3v) is 3.17. The molecular weight excluding hydrogens is 341 g/mol. The summed E-state index contributed by atoms with van der Waals surface area (Å²) in [5.41, 5.74) is 10.7. The van der Waals surface area contributed by atoms with Gasteiger partial charge in [-0.25, -0.2) is 0 Å². The molecule has 0 aliphatic heterocycles. The molecule has 1 radical (unpaired) electrons. The molecule has 0 fully saturated rings.